The van der Waals surface area contributed by atoms with Crippen LogP contribution in [0.15, 0.2) is 37.1 Å². The minimum absolute atomic E-state index is 0.0857. The highest BCUT2D eigenvalue weighted by atomic mass is 16.4. The maximum atomic E-state index is 10.6. The first kappa shape index (κ1) is 9.51. The van der Waals surface area contributed by atoms with Crippen LogP contribution in [0.2, 0.25) is 0 Å². The molecule has 0 radical (unpaired) electrons. The summed E-state index contributed by atoms with van der Waals surface area (Å²) in [6.45, 7) is 1.53. The molecule has 0 fully saturated rings. The SMILES string of the molecule is O=C(O)c1cn(CCn2cccc2)cn1. The molecule has 0 saturated heterocycles. The van der Waals surface area contributed by atoms with Gasteiger partial charge in [-0.05, 0) is 12.1 Å². The molecule has 0 aliphatic rings. The predicted octanol–water partition coefficient (Wildman–Crippen LogP) is 1.08. The number of carboxylic acids is 1. The molecule has 0 bridgehead atoms. The van der Waals surface area contributed by atoms with Crippen LogP contribution in [-0.4, -0.2) is 25.2 Å². The van der Waals surface area contributed by atoms with Gasteiger partial charge < -0.3 is 14.2 Å². The summed E-state index contributed by atoms with van der Waals surface area (Å²) < 4.78 is 3.80. The molecule has 0 aliphatic heterocycles. The van der Waals surface area contributed by atoms with Gasteiger partial charge in [0.2, 0.25) is 0 Å². The molecule has 0 saturated carbocycles. The predicted molar refractivity (Wildman–Crippen MR) is 53.6 cm³/mol. The van der Waals surface area contributed by atoms with E-state index >= 15 is 0 Å². The monoisotopic (exact) mass is 205 g/mol. The van der Waals surface area contributed by atoms with Crippen LogP contribution in [0.4, 0.5) is 0 Å². The van der Waals surface area contributed by atoms with Crippen molar-refractivity contribution in [2.24, 2.45) is 0 Å². The van der Waals surface area contributed by atoms with Crippen molar-refractivity contribution in [1.29, 1.82) is 0 Å². The van der Waals surface area contributed by atoms with E-state index in [1.54, 1.807) is 4.57 Å². The molecule has 2 heterocycles. The van der Waals surface area contributed by atoms with Gasteiger partial charge in [-0.2, -0.15) is 0 Å². The van der Waals surface area contributed by atoms with Crippen molar-refractivity contribution in [3.05, 3.63) is 42.7 Å². The quantitative estimate of drug-likeness (QED) is 0.812. The van der Waals surface area contributed by atoms with Crippen LogP contribution in [0.1, 0.15) is 10.5 Å². The Morgan fingerprint density at radius 1 is 1.27 bits per heavy atom. The van der Waals surface area contributed by atoms with Crippen LogP contribution >= 0.6 is 0 Å². The molecule has 78 valence electrons. The van der Waals surface area contributed by atoms with E-state index in [0.29, 0.717) is 0 Å². The fourth-order valence-electron chi connectivity index (χ4n) is 1.34. The molecular weight excluding hydrogens is 194 g/mol. The number of aromatic carboxylic acids is 1. The second-order valence-corrected chi connectivity index (χ2v) is 3.22. The molecular formula is C10H11N3O2. The Morgan fingerprint density at radius 3 is 2.53 bits per heavy atom. The van der Waals surface area contributed by atoms with E-state index < -0.39 is 5.97 Å². The molecule has 0 atom stereocenters. The number of hydrogen-bond donors (Lipinski definition) is 1. The van der Waals surface area contributed by atoms with Crippen molar-refractivity contribution < 1.29 is 9.90 Å². The zero-order valence-corrected chi connectivity index (χ0v) is 8.08. The molecule has 0 amide bonds. The van der Waals surface area contributed by atoms with E-state index in [-0.39, 0.29) is 5.69 Å². The largest absolute Gasteiger partial charge is 0.476 e. The van der Waals surface area contributed by atoms with Crippen LogP contribution in [0.5, 0.6) is 0 Å². The van der Waals surface area contributed by atoms with Gasteiger partial charge in [0.15, 0.2) is 5.69 Å². The Hall–Kier alpha value is -2.04. The van der Waals surface area contributed by atoms with E-state index in [1.807, 2.05) is 29.1 Å². The average molecular weight is 205 g/mol. The third kappa shape index (κ3) is 2.25. The second kappa shape index (κ2) is 4.00. The van der Waals surface area contributed by atoms with E-state index in [1.165, 1.54) is 12.5 Å². The van der Waals surface area contributed by atoms with Crippen molar-refractivity contribution in [3.63, 3.8) is 0 Å². The number of hydrogen-bond acceptors (Lipinski definition) is 2. The Balaban J connectivity index is 1.96. The lowest BCUT2D eigenvalue weighted by Crippen LogP contribution is -2.04. The lowest BCUT2D eigenvalue weighted by molar-refractivity contribution is 0.0691. The summed E-state index contributed by atoms with van der Waals surface area (Å²) in [4.78, 5) is 14.3. The summed E-state index contributed by atoms with van der Waals surface area (Å²) in [6.07, 6.45) is 7.00. The number of carbonyl (C=O) groups is 1. The van der Waals surface area contributed by atoms with Gasteiger partial charge in [-0.3, -0.25) is 0 Å². The highest BCUT2D eigenvalue weighted by Crippen LogP contribution is 1.98. The van der Waals surface area contributed by atoms with Gasteiger partial charge in [0.05, 0.1) is 6.33 Å². The first-order valence-corrected chi connectivity index (χ1v) is 4.61. The molecule has 0 aliphatic carbocycles. The van der Waals surface area contributed by atoms with Gasteiger partial charge >= 0.3 is 5.97 Å². The summed E-state index contributed by atoms with van der Waals surface area (Å²) in [5.74, 6) is -0.991. The molecule has 0 aromatic carbocycles. The zero-order valence-electron chi connectivity index (χ0n) is 8.08. The Kier molecular flexibility index (Phi) is 2.53. The fourth-order valence-corrected chi connectivity index (χ4v) is 1.34. The Bertz CT molecular complexity index is 445. The van der Waals surface area contributed by atoms with Gasteiger partial charge in [-0.15, -0.1) is 0 Å². The normalized spacial score (nSPS) is 10.4. The lowest BCUT2D eigenvalue weighted by Gasteiger charge is -2.02. The fraction of sp³-hybridized carbons (Fsp3) is 0.200. The van der Waals surface area contributed by atoms with E-state index in [4.69, 9.17) is 5.11 Å². The number of nitrogens with zero attached hydrogens (tertiary/aromatic N) is 3. The van der Waals surface area contributed by atoms with Gasteiger partial charge in [-0.1, -0.05) is 0 Å². The lowest BCUT2D eigenvalue weighted by atomic mass is 10.5. The van der Waals surface area contributed by atoms with Crippen molar-refractivity contribution in [2.75, 3.05) is 0 Å². The maximum absolute atomic E-state index is 10.6. The molecule has 5 heteroatoms. The van der Waals surface area contributed by atoms with Gasteiger partial charge in [0.25, 0.3) is 0 Å². The minimum atomic E-state index is -0.991. The first-order valence-electron chi connectivity index (χ1n) is 4.61. The molecule has 1 N–H and O–H groups in total. The maximum Gasteiger partial charge on any atom is 0.356 e. The average Bonchev–Trinajstić information content (AvgIpc) is 2.86. The molecule has 2 rings (SSSR count). The molecule has 5 nitrogen and oxygen atoms in total. The highest BCUT2D eigenvalue weighted by Gasteiger charge is 2.05. The smallest absolute Gasteiger partial charge is 0.356 e. The number of imidazole rings is 1. The summed E-state index contributed by atoms with van der Waals surface area (Å²) in [7, 11) is 0. The molecule has 0 spiro atoms. The molecule has 2 aromatic heterocycles. The van der Waals surface area contributed by atoms with Crippen LogP contribution < -0.4 is 0 Å². The molecule has 0 unspecified atom stereocenters. The molecule has 15 heavy (non-hydrogen) atoms. The number of aryl methyl sites for hydroxylation is 2. The van der Waals surface area contributed by atoms with Crippen molar-refractivity contribution in [1.82, 2.24) is 14.1 Å². The van der Waals surface area contributed by atoms with Crippen molar-refractivity contribution >= 4 is 5.97 Å². The third-order valence-electron chi connectivity index (χ3n) is 2.13. The van der Waals surface area contributed by atoms with Crippen LogP contribution in [-0.2, 0) is 13.1 Å². The number of carboxylic acid groups (broad SMARTS) is 1. The van der Waals surface area contributed by atoms with Gasteiger partial charge in [-0.25, -0.2) is 9.78 Å². The van der Waals surface area contributed by atoms with Crippen LogP contribution in [0, 0.1) is 0 Å². The Labute approximate surface area is 86.6 Å². The van der Waals surface area contributed by atoms with E-state index in [9.17, 15) is 4.79 Å². The van der Waals surface area contributed by atoms with Crippen LogP contribution in [0.3, 0.4) is 0 Å². The van der Waals surface area contributed by atoms with Crippen molar-refractivity contribution in [2.45, 2.75) is 13.1 Å². The highest BCUT2D eigenvalue weighted by molar-refractivity contribution is 5.84. The van der Waals surface area contributed by atoms with Crippen molar-refractivity contribution in [3.8, 4) is 0 Å². The summed E-state index contributed by atoms with van der Waals surface area (Å²) in [5.41, 5.74) is 0.0857. The first-order chi connectivity index (χ1) is 7.25. The molecule has 2 aromatic rings. The third-order valence-corrected chi connectivity index (χ3v) is 2.13. The summed E-state index contributed by atoms with van der Waals surface area (Å²) >= 11 is 0. The Morgan fingerprint density at radius 2 is 1.93 bits per heavy atom. The summed E-state index contributed by atoms with van der Waals surface area (Å²) in [6, 6.07) is 3.91. The van der Waals surface area contributed by atoms with Crippen LogP contribution in [0.25, 0.3) is 0 Å². The van der Waals surface area contributed by atoms with Gasteiger partial charge in [0, 0.05) is 31.7 Å². The van der Waals surface area contributed by atoms with E-state index in [2.05, 4.69) is 4.98 Å². The number of aromatic nitrogens is 3. The zero-order chi connectivity index (χ0) is 10.7. The minimum Gasteiger partial charge on any atom is -0.476 e. The van der Waals surface area contributed by atoms with Gasteiger partial charge in [0.1, 0.15) is 0 Å². The van der Waals surface area contributed by atoms with E-state index in [0.717, 1.165) is 13.1 Å². The number of rotatable bonds is 4. The topological polar surface area (TPSA) is 60.0 Å². The standard InChI is InChI=1S/C10H11N3O2/c14-10(15)9-7-13(8-11-9)6-5-12-3-1-2-4-12/h1-4,7-8H,5-6H2,(H,14,15). The summed E-state index contributed by atoms with van der Waals surface area (Å²) in [5, 5.41) is 8.67. The second-order valence-electron chi connectivity index (χ2n) is 3.22.